The van der Waals surface area contributed by atoms with Crippen LogP contribution in [0, 0.1) is 5.82 Å². The molecule has 1 aliphatic heterocycles. The second-order valence-corrected chi connectivity index (χ2v) is 7.07. The third kappa shape index (κ3) is 3.89. The van der Waals surface area contributed by atoms with E-state index in [1.165, 1.54) is 16.8 Å². The van der Waals surface area contributed by atoms with Crippen molar-refractivity contribution in [2.24, 2.45) is 7.05 Å². The lowest BCUT2D eigenvalue weighted by Gasteiger charge is -2.24. The number of rotatable bonds is 4. The zero-order valence-electron chi connectivity index (χ0n) is 16.0. The molecule has 2 heterocycles. The van der Waals surface area contributed by atoms with Gasteiger partial charge in [0.2, 0.25) is 5.91 Å². The third-order valence-electron chi connectivity index (χ3n) is 5.17. The molecule has 29 heavy (non-hydrogen) atoms. The molecule has 4 rings (SSSR count). The Hall–Kier alpha value is -3.48. The number of likely N-dealkylation sites (tertiary alicyclic amines) is 1. The van der Waals surface area contributed by atoms with E-state index >= 15 is 0 Å². The first-order valence-corrected chi connectivity index (χ1v) is 9.49. The van der Waals surface area contributed by atoms with Gasteiger partial charge in [0.1, 0.15) is 17.6 Å². The zero-order valence-corrected chi connectivity index (χ0v) is 16.0. The lowest BCUT2D eigenvalue weighted by molar-refractivity contribution is -0.119. The largest absolute Gasteiger partial charge is 0.325 e. The third-order valence-corrected chi connectivity index (χ3v) is 5.17. The van der Waals surface area contributed by atoms with Gasteiger partial charge in [0.05, 0.1) is 0 Å². The van der Waals surface area contributed by atoms with Crippen LogP contribution in [0.5, 0.6) is 0 Å². The number of anilines is 1. The summed E-state index contributed by atoms with van der Waals surface area (Å²) in [6.07, 6.45) is 2.97. The van der Waals surface area contributed by atoms with Crippen LogP contribution in [0.25, 0.3) is 11.1 Å². The van der Waals surface area contributed by atoms with Crippen molar-refractivity contribution in [1.29, 1.82) is 0 Å². The first-order valence-electron chi connectivity index (χ1n) is 9.49. The van der Waals surface area contributed by atoms with E-state index in [0.29, 0.717) is 24.3 Å². The molecule has 0 radical (unpaired) electrons. The molecule has 1 unspecified atom stereocenters. The van der Waals surface area contributed by atoms with Crippen molar-refractivity contribution >= 4 is 17.5 Å². The average molecular weight is 392 g/mol. The van der Waals surface area contributed by atoms with Gasteiger partial charge < -0.3 is 10.2 Å². The molecule has 1 N–H and O–H groups in total. The number of carbonyl (C=O) groups excluding carboxylic acids is 2. The van der Waals surface area contributed by atoms with E-state index in [-0.39, 0.29) is 17.6 Å². The summed E-state index contributed by atoms with van der Waals surface area (Å²) in [6, 6.07) is 14.7. The Morgan fingerprint density at radius 2 is 1.90 bits per heavy atom. The number of amides is 2. The van der Waals surface area contributed by atoms with Crippen LogP contribution in [0.1, 0.15) is 23.3 Å². The van der Waals surface area contributed by atoms with Gasteiger partial charge in [-0.25, -0.2) is 4.39 Å². The molecule has 0 aliphatic carbocycles. The number of halogens is 1. The molecule has 1 atom stereocenters. The molecular formula is C22H21FN4O2. The summed E-state index contributed by atoms with van der Waals surface area (Å²) in [5.41, 5.74) is 2.72. The highest BCUT2D eigenvalue weighted by Gasteiger charge is 2.35. The van der Waals surface area contributed by atoms with Crippen LogP contribution in [0.3, 0.4) is 0 Å². The summed E-state index contributed by atoms with van der Waals surface area (Å²) in [5, 5.41) is 6.92. The maximum atomic E-state index is 13.4. The van der Waals surface area contributed by atoms with Gasteiger partial charge in [-0.2, -0.15) is 5.10 Å². The molecule has 7 heteroatoms. The van der Waals surface area contributed by atoms with Gasteiger partial charge in [0.15, 0.2) is 0 Å². The second-order valence-electron chi connectivity index (χ2n) is 7.07. The fourth-order valence-electron chi connectivity index (χ4n) is 3.65. The van der Waals surface area contributed by atoms with E-state index in [9.17, 15) is 14.0 Å². The minimum atomic E-state index is -0.514. The quantitative estimate of drug-likeness (QED) is 0.739. The normalized spacial score (nSPS) is 16.1. The molecule has 0 bridgehead atoms. The van der Waals surface area contributed by atoms with Crippen molar-refractivity contribution in [3.05, 3.63) is 72.3 Å². The Bertz CT molecular complexity index is 1040. The molecular weight excluding hydrogens is 371 g/mol. The topological polar surface area (TPSA) is 67.2 Å². The molecule has 1 fully saturated rings. The van der Waals surface area contributed by atoms with Crippen LogP contribution in [0.2, 0.25) is 0 Å². The Labute approximate surface area is 167 Å². The van der Waals surface area contributed by atoms with E-state index in [1.54, 1.807) is 42.4 Å². The predicted octanol–water partition coefficient (Wildman–Crippen LogP) is 3.47. The van der Waals surface area contributed by atoms with E-state index in [2.05, 4.69) is 10.4 Å². The van der Waals surface area contributed by atoms with E-state index in [4.69, 9.17) is 0 Å². The molecule has 6 nitrogen and oxygen atoms in total. The number of benzene rings is 2. The summed E-state index contributed by atoms with van der Waals surface area (Å²) < 4.78 is 14.9. The van der Waals surface area contributed by atoms with Gasteiger partial charge in [-0.05, 0) is 54.3 Å². The highest BCUT2D eigenvalue weighted by Crippen LogP contribution is 2.24. The Morgan fingerprint density at radius 1 is 1.10 bits per heavy atom. The zero-order chi connectivity index (χ0) is 20.4. The molecule has 1 aromatic heterocycles. The van der Waals surface area contributed by atoms with Gasteiger partial charge in [-0.3, -0.25) is 14.3 Å². The Kier molecular flexibility index (Phi) is 5.12. The highest BCUT2D eigenvalue weighted by molar-refractivity contribution is 6.01. The van der Waals surface area contributed by atoms with Crippen molar-refractivity contribution in [2.75, 3.05) is 11.9 Å². The Balaban J connectivity index is 1.46. The summed E-state index contributed by atoms with van der Waals surface area (Å²) in [7, 11) is 1.71. The van der Waals surface area contributed by atoms with Gasteiger partial charge >= 0.3 is 0 Å². The van der Waals surface area contributed by atoms with E-state index < -0.39 is 6.04 Å². The average Bonchev–Trinajstić information content (AvgIpc) is 3.37. The van der Waals surface area contributed by atoms with E-state index in [1.807, 2.05) is 18.2 Å². The number of aryl methyl sites for hydroxylation is 1. The fraction of sp³-hybridized carbons (Fsp3) is 0.227. The van der Waals surface area contributed by atoms with Crippen LogP contribution >= 0.6 is 0 Å². The number of hydrogen-bond acceptors (Lipinski definition) is 3. The molecule has 0 spiro atoms. The smallest absolute Gasteiger partial charge is 0.272 e. The summed E-state index contributed by atoms with van der Waals surface area (Å²) in [5.74, 6) is -0.695. The predicted molar refractivity (Wildman–Crippen MR) is 108 cm³/mol. The standard InChI is InChI=1S/C22H21FN4O2/c1-26-20(11-12-24-26)22(29)27-13-3-6-19(27)21(28)25-18-9-7-15(8-10-18)16-4-2-5-17(23)14-16/h2,4-5,7-12,14,19H,3,6,13H2,1H3,(H,25,28). The van der Waals surface area contributed by atoms with Gasteiger partial charge in [0, 0.05) is 25.5 Å². The lowest BCUT2D eigenvalue weighted by Crippen LogP contribution is -2.43. The van der Waals surface area contributed by atoms with Crippen LogP contribution in [0.4, 0.5) is 10.1 Å². The van der Waals surface area contributed by atoms with Crippen molar-refractivity contribution in [3.8, 4) is 11.1 Å². The number of aromatic nitrogens is 2. The number of nitrogens with zero attached hydrogens (tertiary/aromatic N) is 3. The minimum Gasteiger partial charge on any atom is -0.325 e. The first kappa shape index (κ1) is 18.9. The van der Waals surface area contributed by atoms with Crippen LogP contribution in [-0.4, -0.2) is 39.1 Å². The number of carbonyl (C=O) groups is 2. The Morgan fingerprint density at radius 3 is 2.59 bits per heavy atom. The highest BCUT2D eigenvalue weighted by atomic mass is 19.1. The van der Waals surface area contributed by atoms with Crippen molar-refractivity contribution < 1.29 is 14.0 Å². The minimum absolute atomic E-state index is 0.191. The van der Waals surface area contributed by atoms with Crippen LogP contribution < -0.4 is 5.32 Å². The van der Waals surface area contributed by atoms with Gasteiger partial charge in [0.25, 0.3) is 5.91 Å². The molecule has 2 amide bonds. The summed E-state index contributed by atoms with van der Waals surface area (Å²) >= 11 is 0. The number of hydrogen-bond donors (Lipinski definition) is 1. The van der Waals surface area contributed by atoms with Crippen LogP contribution in [-0.2, 0) is 11.8 Å². The molecule has 0 saturated carbocycles. The van der Waals surface area contributed by atoms with Crippen molar-refractivity contribution in [3.63, 3.8) is 0 Å². The fourth-order valence-corrected chi connectivity index (χ4v) is 3.65. The van der Waals surface area contributed by atoms with Crippen molar-refractivity contribution in [2.45, 2.75) is 18.9 Å². The summed E-state index contributed by atoms with van der Waals surface area (Å²) in [6.45, 7) is 0.542. The molecule has 1 aliphatic rings. The molecule has 2 aromatic carbocycles. The SMILES string of the molecule is Cn1nccc1C(=O)N1CCCC1C(=O)Nc1ccc(-c2cccc(F)c2)cc1. The molecule has 1 saturated heterocycles. The van der Waals surface area contributed by atoms with Gasteiger partial charge in [-0.15, -0.1) is 0 Å². The van der Waals surface area contributed by atoms with E-state index in [0.717, 1.165) is 17.5 Å². The number of nitrogens with one attached hydrogen (secondary N) is 1. The maximum absolute atomic E-state index is 13.4. The second kappa shape index (κ2) is 7.87. The van der Waals surface area contributed by atoms with Gasteiger partial charge in [-0.1, -0.05) is 24.3 Å². The monoisotopic (exact) mass is 392 g/mol. The molecule has 3 aromatic rings. The lowest BCUT2D eigenvalue weighted by atomic mass is 10.1. The summed E-state index contributed by atoms with van der Waals surface area (Å²) in [4.78, 5) is 27.2. The van der Waals surface area contributed by atoms with Crippen molar-refractivity contribution in [1.82, 2.24) is 14.7 Å². The van der Waals surface area contributed by atoms with Crippen LogP contribution in [0.15, 0.2) is 60.8 Å². The first-order chi connectivity index (χ1) is 14.0. The maximum Gasteiger partial charge on any atom is 0.272 e. The molecule has 148 valence electrons.